The van der Waals surface area contributed by atoms with Crippen LogP contribution in [0.25, 0.3) is 0 Å². The Morgan fingerprint density at radius 3 is 2.57 bits per heavy atom. The fourth-order valence-corrected chi connectivity index (χ4v) is 3.77. The van der Waals surface area contributed by atoms with Crippen LogP contribution in [0.3, 0.4) is 0 Å². The lowest BCUT2D eigenvalue weighted by atomic mass is 10.0. The van der Waals surface area contributed by atoms with Gasteiger partial charge in [-0.3, -0.25) is 0 Å². The Morgan fingerprint density at radius 2 is 1.96 bits per heavy atom. The molecule has 1 saturated heterocycles. The predicted octanol–water partition coefficient (Wildman–Crippen LogP) is 4.09. The van der Waals surface area contributed by atoms with Gasteiger partial charge in [0, 0.05) is 22.3 Å². The first-order chi connectivity index (χ1) is 10.9. The van der Waals surface area contributed by atoms with Crippen LogP contribution in [0.2, 0.25) is 0 Å². The SMILES string of the molecule is CC(C)(C)[S@@+]([O-])N[C@@H](CCC1OCCCO1)c1ccccc1Br. The lowest BCUT2D eigenvalue weighted by Gasteiger charge is -2.30. The van der Waals surface area contributed by atoms with Gasteiger partial charge >= 0.3 is 0 Å². The first-order valence-electron chi connectivity index (χ1n) is 8.03. The van der Waals surface area contributed by atoms with Crippen LogP contribution in [0.5, 0.6) is 0 Å². The predicted molar refractivity (Wildman–Crippen MR) is 97.5 cm³/mol. The second-order valence-electron chi connectivity index (χ2n) is 6.68. The number of hydrogen-bond acceptors (Lipinski definition) is 4. The molecule has 6 heteroatoms. The van der Waals surface area contributed by atoms with Crippen molar-refractivity contribution >= 4 is 27.3 Å². The van der Waals surface area contributed by atoms with Crippen molar-refractivity contribution in [1.29, 1.82) is 0 Å². The van der Waals surface area contributed by atoms with E-state index in [1.54, 1.807) is 0 Å². The van der Waals surface area contributed by atoms with Gasteiger partial charge in [-0.05, 0) is 45.2 Å². The van der Waals surface area contributed by atoms with Gasteiger partial charge in [0.2, 0.25) is 0 Å². The fourth-order valence-electron chi connectivity index (χ4n) is 2.35. The highest BCUT2D eigenvalue weighted by Gasteiger charge is 2.31. The maximum Gasteiger partial charge on any atom is 0.157 e. The van der Waals surface area contributed by atoms with Gasteiger partial charge in [0.1, 0.15) is 4.75 Å². The zero-order valence-electron chi connectivity index (χ0n) is 14.0. The highest BCUT2D eigenvalue weighted by Crippen LogP contribution is 2.30. The molecule has 1 aromatic carbocycles. The monoisotopic (exact) mass is 403 g/mol. The molecule has 1 aliphatic heterocycles. The highest BCUT2D eigenvalue weighted by molar-refractivity contribution is 9.10. The fraction of sp³-hybridized carbons (Fsp3) is 0.647. The molecule has 1 aromatic rings. The smallest absolute Gasteiger partial charge is 0.157 e. The van der Waals surface area contributed by atoms with E-state index in [2.05, 4.69) is 26.7 Å². The van der Waals surface area contributed by atoms with Crippen molar-refractivity contribution in [1.82, 2.24) is 4.72 Å². The molecule has 0 amide bonds. The molecule has 2 rings (SSSR count). The second kappa shape index (κ2) is 8.83. The summed E-state index contributed by atoms with van der Waals surface area (Å²) in [5.74, 6) is 0. The van der Waals surface area contributed by atoms with E-state index in [0.717, 1.165) is 42.5 Å². The first kappa shape index (κ1) is 19.2. The highest BCUT2D eigenvalue weighted by atomic mass is 79.9. The van der Waals surface area contributed by atoms with Gasteiger partial charge in [0.15, 0.2) is 6.29 Å². The number of rotatable bonds is 6. The molecule has 0 aliphatic carbocycles. The molecule has 0 saturated carbocycles. The molecule has 23 heavy (non-hydrogen) atoms. The molecule has 1 fully saturated rings. The normalized spacial score (nSPS) is 19.5. The maximum atomic E-state index is 12.5. The number of hydrogen-bond donors (Lipinski definition) is 1. The van der Waals surface area contributed by atoms with Crippen LogP contribution in [0.15, 0.2) is 28.7 Å². The van der Waals surface area contributed by atoms with E-state index in [-0.39, 0.29) is 17.1 Å². The molecular formula is C17H26BrNO3S. The average Bonchev–Trinajstić information content (AvgIpc) is 2.52. The maximum absolute atomic E-state index is 12.5. The Balaban J connectivity index is 2.06. The van der Waals surface area contributed by atoms with E-state index in [0.29, 0.717) is 0 Å². The van der Waals surface area contributed by atoms with Crippen molar-refractivity contribution in [3.05, 3.63) is 34.3 Å². The summed E-state index contributed by atoms with van der Waals surface area (Å²) >= 11 is 2.47. The third-order valence-corrected chi connectivity index (χ3v) is 6.01. The minimum Gasteiger partial charge on any atom is -0.598 e. The van der Waals surface area contributed by atoms with Crippen molar-refractivity contribution in [3.63, 3.8) is 0 Å². The summed E-state index contributed by atoms with van der Waals surface area (Å²) < 4.78 is 27.8. The van der Waals surface area contributed by atoms with E-state index >= 15 is 0 Å². The minimum atomic E-state index is -1.14. The molecule has 2 atom stereocenters. The molecule has 1 N–H and O–H groups in total. The average molecular weight is 404 g/mol. The van der Waals surface area contributed by atoms with Gasteiger partial charge in [-0.25, -0.2) is 0 Å². The van der Waals surface area contributed by atoms with Crippen LogP contribution >= 0.6 is 15.9 Å². The number of ether oxygens (including phenoxy) is 2. The van der Waals surface area contributed by atoms with E-state index in [1.807, 2.05) is 39.0 Å². The zero-order chi connectivity index (χ0) is 16.9. The Bertz CT molecular complexity index is 489. The Labute approximate surface area is 150 Å². The third-order valence-electron chi connectivity index (χ3n) is 3.67. The second-order valence-corrected chi connectivity index (χ2v) is 9.53. The topological polar surface area (TPSA) is 53.5 Å². The quantitative estimate of drug-likeness (QED) is 0.726. The minimum absolute atomic E-state index is 0.0141. The summed E-state index contributed by atoms with van der Waals surface area (Å²) in [5, 5.41) is 0. The molecule has 0 bridgehead atoms. The number of nitrogens with one attached hydrogen (secondary N) is 1. The van der Waals surface area contributed by atoms with Gasteiger partial charge < -0.3 is 14.0 Å². The molecule has 0 aromatic heterocycles. The molecule has 1 heterocycles. The van der Waals surface area contributed by atoms with E-state index in [9.17, 15) is 4.55 Å². The van der Waals surface area contributed by atoms with Crippen LogP contribution in [0, 0.1) is 0 Å². The van der Waals surface area contributed by atoms with Crippen molar-refractivity contribution in [3.8, 4) is 0 Å². The van der Waals surface area contributed by atoms with Crippen molar-refractivity contribution in [2.24, 2.45) is 0 Å². The summed E-state index contributed by atoms with van der Waals surface area (Å²) in [6.07, 6.45) is 2.38. The lowest BCUT2D eigenvalue weighted by molar-refractivity contribution is -0.182. The molecule has 0 radical (unpaired) electrons. The third kappa shape index (κ3) is 6.03. The van der Waals surface area contributed by atoms with Crippen LogP contribution in [0.1, 0.15) is 51.6 Å². The molecular weight excluding hydrogens is 378 g/mol. The van der Waals surface area contributed by atoms with Crippen molar-refractivity contribution in [2.45, 2.75) is 57.1 Å². The molecule has 0 unspecified atom stereocenters. The summed E-state index contributed by atoms with van der Waals surface area (Å²) in [5.41, 5.74) is 1.11. The van der Waals surface area contributed by atoms with E-state index in [1.165, 1.54) is 0 Å². The van der Waals surface area contributed by atoms with Gasteiger partial charge in [0.25, 0.3) is 0 Å². The van der Waals surface area contributed by atoms with Crippen LogP contribution in [0.4, 0.5) is 0 Å². The summed E-state index contributed by atoms with van der Waals surface area (Å²) in [6, 6.07) is 8.04. The first-order valence-corrected chi connectivity index (χ1v) is 9.98. The summed E-state index contributed by atoms with van der Waals surface area (Å²) in [6.45, 7) is 7.43. The Morgan fingerprint density at radius 1 is 1.30 bits per heavy atom. The van der Waals surface area contributed by atoms with Gasteiger partial charge in [-0.1, -0.05) is 34.1 Å². The molecule has 1 aliphatic rings. The van der Waals surface area contributed by atoms with Crippen LogP contribution in [-0.4, -0.2) is 28.8 Å². The standard InChI is InChI=1S/C17H26BrNO3S/c1-17(2,3)23(20)19-15(13-7-4-5-8-14(13)18)9-10-16-21-11-6-12-22-16/h4-5,7-8,15-16,19H,6,9-12H2,1-3H3/t15-,23+/m0/s1. The lowest BCUT2D eigenvalue weighted by Crippen LogP contribution is -2.41. The number of benzene rings is 1. The summed E-state index contributed by atoms with van der Waals surface area (Å²) in [4.78, 5) is 0. The van der Waals surface area contributed by atoms with Crippen molar-refractivity contribution in [2.75, 3.05) is 13.2 Å². The largest absolute Gasteiger partial charge is 0.598 e. The van der Waals surface area contributed by atoms with Gasteiger partial charge in [-0.2, -0.15) is 0 Å². The molecule has 0 spiro atoms. The van der Waals surface area contributed by atoms with E-state index in [4.69, 9.17) is 9.47 Å². The summed E-state index contributed by atoms with van der Waals surface area (Å²) in [7, 11) is 0. The van der Waals surface area contributed by atoms with Crippen LogP contribution < -0.4 is 4.72 Å². The Hall–Kier alpha value is -0.110. The van der Waals surface area contributed by atoms with Gasteiger partial charge in [-0.15, -0.1) is 4.72 Å². The zero-order valence-corrected chi connectivity index (χ0v) is 16.4. The Kier molecular flexibility index (Phi) is 7.38. The molecule has 4 nitrogen and oxygen atoms in total. The van der Waals surface area contributed by atoms with Crippen molar-refractivity contribution < 1.29 is 14.0 Å². The van der Waals surface area contributed by atoms with Gasteiger partial charge in [0.05, 0.1) is 19.3 Å². The number of halogens is 1. The molecule has 130 valence electrons. The van der Waals surface area contributed by atoms with Crippen LogP contribution in [-0.2, 0) is 20.8 Å². The van der Waals surface area contributed by atoms with E-state index < -0.39 is 11.4 Å².